The number of hydrogen-bond acceptors (Lipinski definition) is 5. The Labute approximate surface area is 152 Å². The van der Waals surface area contributed by atoms with Crippen LogP contribution in [0.5, 0.6) is 5.75 Å². The van der Waals surface area contributed by atoms with E-state index >= 15 is 0 Å². The summed E-state index contributed by atoms with van der Waals surface area (Å²) in [5, 5.41) is 0.252. The van der Waals surface area contributed by atoms with Gasteiger partial charge in [-0.3, -0.25) is 4.79 Å². The molecule has 1 aliphatic carbocycles. The van der Waals surface area contributed by atoms with E-state index in [1.54, 1.807) is 0 Å². The number of amides is 1. The molecule has 1 saturated carbocycles. The first kappa shape index (κ1) is 21.0. The van der Waals surface area contributed by atoms with Gasteiger partial charge in [0.2, 0.25) is 10.0 Å². The van der Waals surface area contributed by atoms with Crippen molar-refractivity contribution in [3.63, 3.8) is 0 Å². The number of nitrogens with one attached hydrogen (secondary N) is 1. The lowest BCUT2D eigenvalue weighted by atomic mass is 9.93. The minimum Gasteiger partial charge on any atom is -0.482 e. The van der Waals surface area contributed by atoms with Crippen molar-refractivity contribution >= 4 is 39.9 Å². The Balaban J connectivity index is 0.00000288. The third-order valence-corrected chi connectivity index (χ3v) is 5.44. The monoisotopic (exact) mass is 397 g/mol. The first-order chi connectivity index (χ1) is 10.8. The number of nitrogens with two attached hydrogens (primary N) is 2. The van der Waals surface area contributed by atoms with Gasteiger partial charge >= 0.3 is 0 Å². The number of hydrogen-bond donors (Lipinski definition) is 3. The van der Waals surface area contributed by atoms with E-state index in [-0.39, 0.29) is 40.2 Å². The molecule has 24 heavy (non-hydrogen) atoms. The van der Waals surface area contributed by atoms with Crippen LogP contribution in [0.3, 0.4) is 0 Å². The minimum absolute atomic E-state index is 0. The van der Waals surface area contributed by atoms with Crippen molar-refractivity contribution in [3.05, 3.63) is 23.2 Å². The van der Waals surface area contributed by atoms with Gasteiger partial charge in [0.05, 0.1) is 0 Å². The number of sulfonamides is 1. The van der Waals surface area contributed by atoms with E-state index in [0.29, 0.717) is 12.8 Å². The Morgan fingerprint density at radius 2 is 1.92 bits per heavy atom. The summed E-state index contributed by atoms with van der Waals surface area (Å²) < 4.78 is 33.0. The summed E-state index contributed by atoms with van der Waals surface area (Å²) in [6, 6.07) is 4.11. The van der Waals surface area contributed by atoms with E-state index in [4.69, 9.17) is 27.8 Å². The van der Waals surface area contributed by atoms with Gasteiger partial charge < -0.3 is 16.2 Å². The summed E-state index contributed by atoms with van der Waals surface area (Å²) in [6.45, 7) is -0.414. The smallest absolute Gasteiger partial charge is 0.255 e. The second kappa shape index (κ2) is 8.87. The molecule has 136 valence electrons. The molecule has 7 nitrogen and oxygen atoms in total. The SMILES string of the molecule is Cl.NC(=O)COc1ccc(Cl)cc1S(=O)(=O)NC1CCC(N)CC1. The van der Waals surface area contributed by atoms with Gasteiger partial charge in [-0.1, -0.05) is 11.6 Å². The van der Waals surface area contributed by atoms with Crippen LogP contribution in [-0.4, -0.2) is 33.0 Å². The molecule has 0 heterocycles. The zero-order chi connectivity index (χ0) is 17.0. The molecule has 1 aliphatic rings. The molecule has 0 aliphatic heterocycles. The quantitative estimate of drug-likeness (QED) is 0.664. The van der Waals surface area contributed by atoms with E-state index < -0.39 is 22.5 Å². The topological polar surface area (TPSA) is 125 Å². The van der Waals surface area contributed by atoms with Crippen LogP contribution in [0, 0.1) is 0 Å². The van der Waals surface area contributed by atoms with Gasteiger partial charge in [-0.05, 0) is 43.9 Å². The summed E-state index contributed by atoms with van der Waals surface area (Å²) in [4.78, 5) is 10.7. The number of carbonyl (C=O) groups excluding carboxylic acids is 1. The number of halogens is 2. The predicted molar refractivity (Wildman–Crippen MR) is 93.9 cm³/mol. The Morgan fingerprint density at radius 1 is 1.29 bits per heavy atom. The van der Waals surface area contributed by atoms with Crippen LogP contribution in [0.4, 0.5) is 0 Å². The molecule has 0 saturated heterocycles. The molecule has 1 fully saturated rings. The summed E-state index contributed by atoms with van der Waals surface area (Å²) in [5.74, 6) is -0.661. The fourth-order valence-corrected chi connectivity index (χ4v) is 4.19. The summed E-state index contributed by atoms with van der Waals surface area (Å²) >= 11 is 5.89. The van der Waals surface area contributed by atoms with Crippen molar-refractivity contribution < 1.29 is 17.9 Å². The third-order valence-electron chi connectivity index (χ3n) is 3.66. The average molecular weight is 398 g/mol. The van der Waals surface area contributed by atoms with Crippen LogP contribution < -0.4 is 20.9 Å². The van der Waals surface area contributed by atoms with Crippen LogP contribution in [0.1, 0.15) is 25.7 Å². The lowest BCUT2D eigenvalue weighted by Crippen LogP contribution is -2.40. The largest absolute Gasteiger partial charge is 0.482 e. The highest BCUT2D eigenvalue weighted by atomic mass is 35.5. The third kappa shape index (κ3) is 5.78. The van der Waals surface area contributed by atoms with Crippen molar-refractivity contribution in [1.82, 2.24) is 4.72 Å². The second-order valence-corrected chi connectivity index (χ2v) is 7.70. The summed E-state index contributed by atoms with van der Waals surface area (Å²) in [6.07, 6.45) is 2.90. The molecule has 1 amide bonds. The van der Waals surface area contributed by atoms with Gasteiger partial charge in [0.25, 0.3) is 5.91 Å². The van der Waals surface area contributed by atoms with E-state index in [1.807, 2.05) is 0 Å². The first-order valence-electron chi connectivity index (χ1n) is 7.26. The van der Waals surface area contributed by atoms with Crippen molar-refractivity contribution in [2.75, 3.05) is 6.61 Å². The van der Waals surface area contributed by atoms with Crippen LogP contribution in [0.25, 0.3) is 0 Å². The molecule has 1 aromatic rings. The predicted octanol–water partition coefficient (Wildman–Crippen LogP) is 1.17. The van der Waals surface area contributed by atoms with Gasteiger partial charge in [0, 0.05) is 17.1 Å². The number of carbonyl (C=O) groups is 1. The summed E-state index contributed by atoms with van der Waals surface area (Å²) in [7, 11) is -3.83. The van der Waals surface area contributed by atoms with Crippen LogP contribution in [0.15, 0.2) is 23.1 Å². The molecule has 0 aromatic heterocycles. The van der Waals surface area contributed by atoms with E-state index in [2.05, 4.69) is 4.72 Å². The summed E-state index contributed by atoms with van der Waals surface area (Å²) in [5.41, 5.74) is 10.9. The van der Waals surface area contributed by atoms with Gasteiger partial charge in [-0.25, -0.2) is 13.1 Å². The van der Waals surface area contributed by atoms with Gasteiger partial charge in [-0.15, -0.1) is 12.4 Å². The van der Waals surface area contributed by atoms with Crippen molar-refractivity contribution in [2.24, 2.45) is 11.5 Å². The molecular formula is C14H21Cl2N3O4S. The molecule has 1 aromatic carbocycles. The van der Waals surface area contributed by atoms with Crippen LogP contribution >= 0.6 is 24.0 Å². The molecular weight excluding hydrogens is 377 g/mol. The van der Waals surface area contributed by atoms with E-state index in [1.165, 1.54) is 18.2 Å². The Hall–Kier alpha value is -1.06. The molecule has 0 unspecified atom stereocenters. The lowest BCUT2D eigenvalue weighted by molar-refractivity contribution is -0.120. The number of ether oxygens (including phenoxy) is 1. The zero-order valence-corrected chi connectivity index (χ0v) is 15.3. The second-order valence-electron chi connectivity index (χ2n) is 5.58. The Bertz CT molecular complexity index is 677. The van der Waals surface area contributed by atoms with Crippen molar-refractivity contribution in [1.29, 1.82) is 0 Å². The van der Waals surface area contributed by atoms with Gasteiger partial charge in [-0.2, -0.15) is 0 Å². The molecule has 0 radical (unpaired) electrons. The van der Waals surface area contributed by atoms with Crippen LogP contribution in [0.2, 0.25) is 5.02 Å². The highest BCUT2D eigenvalue weighted by Crippen LogP contribution is 2.28. The molecule has 10 heteroatoms. The van der Waals surface area contributed by atoms with Crippen molar-refractivity contribution in [3.8, 4) is 5.75 Å². The lowest BCUT2D eigenvalue weighted by Gasteiger charge is -2.26. The average Bonchev–Trinajstić information content (AvgIpc) is 2.48. The fraction of sp³-hybridized carbons (Fsp3) is 0.500. The maximum absolute atomic E-state index is 12.6. The molecule has 0 atom stereocenters. The highest BCUT2D eigenvalue weighted by molar-refractivity contribution is 7.89. The Kier molecular flexibility index (Phi) is 7.75. The maximum atomic E-state index is 12.6. The first-order valence-corrected chi connectivity index (χ1v) is 9.12. The van der Waals surface area contributed by atoms with E-state index in [9.17, 15) is 13.2 Å². The fourth-order valence-electron chi connectivity index (χ4n) is 2.48. The Morgan fingerprint density at radius 3 is 2.50 bits per heavy atom. The highest BCUT2D eigenvalue weighted by Gasteiger charge is 2.27. The van der Waals surface area contributed by atoms with Gasteiger partial charge in [0.1, 0.15) is 10.6 Å². The van der Waals surface area contributed by atoms with Crippen LogP contribution in [-0.2, 0) is 14.8 Å². The van der Waals surface area contributed by atoms with E-state index in [0.717, 1.165) is 12.8 Å². The minimum atomic E-state index is -3.83. The molecule has 2 rings (SSSR count). The maximum Gasteiger partial charge on any atom is 0.255 e. The van der Waals surface area contributed by atoms with Crippen molar-refractivity contribution in [2.45, 2.75) is 42.7 Å². The number of benzene rings is 1. The number of rotatable bonds is 6. The van der Waals surface area contributed by atoms with Gasteiger partial charge in [0.15, 0.2) is 6.61 Å². The normalized spacial score (nSPS) is 20.9. The molecule has 0 spiro atoms. The molecule has 5 N–H and O–H groups in total. The number of primary amides is 1. The standard InChI is InChI=1S/C14H20ClN3O4S.ClH/c15-9-1-6-12(22-8-14(17)19)13(7-9)23(20,21)18-11-4-2-10(16)3-5-11;/h1,6-7,10-11,18H,2-5,8,16H2,(H2,17,19);1H. The molecule has 0 bridgehead atoms. The zero-order valence-electron chi connectivity index (χ0n) is 12.9.